The normalized spacial score (nSPS) is 20.6. The summed E-state index contributed by atoms with van der Waals surface area (Å²) in [6.45, 7) is 2.83. The van der Waals surface area contributed by atoms with Crippen molar-refractivity contribution >= 4 is 21.8 Å². The first-order valence-electron chi connectivity index (χ1n) is 9.07. The Morgan fingerprint density at radius 1 is 1.21 bits per heavy atom. The van der Waals surface area contributed by atoms with Crippen LogP contribution in [0.4, 0.5) is 19.0 Å². The number of nitrogens with zero attached hydrogens (tertiary/aromatic N) is 3. The van der Waals surface area contributed by atoms with Crippen LogP contribution in [0.2, 0.25) is 0 Å². The lowest BCUT2D eigenvalue weighted by Gasteiger charge is -2.23. The van der Waals surface area contributed by atoms with E-state index < -0.39 is 22.2 Å². The summed E-state index contributed by atoms with van der Waals surface area (Å²) in [6, 6.07) is 3.92. The molecule has 0 radical (unpaired) electrons. The largest absolute Gasteiger partial charge is 0.490 e. The highest BCUT2D eigenvalue weighted by atomic mass is 32.2. The smallest absolute Gasteiger partial charge is 0.475 e. The molecule has 2 saturated carbocycles. The Hall–Kier alpha value is -1.88. The van der Waals surface area contributed by atoms with E-state index >= 15 is 0 Å². The van der Waals surface area contributed by atoms with Gasteiger partial charge in [0.15, 0.2) is 0 Å². The number of sulfonamides is 1. The van der Waals surface area contributed by atoms with Crippen molar-refractivity contribution < 1.29 is 31.5 Å². The monoisotopic (exact) mass is 421 g/mol. The van der Waals surface area contributed by atoms with Gasteiger partial charge in [0.1, 0.15) is 5.82 Å². The maximum atomic E-state index is 12.5. The molecule has 7 nitrogen and oxygen atoms in total. The zero-order valence-corrected chi connectivity index (χ0v) is 15.9. The summed E-state index contributed by atoms with van der Waals surface area (Å²) < 4.78 is 58.5. The Morgan fingerprint density at radius 2 is 1.86 bits per heavy atom. The number of carboxylic acid groups (broad SMARTS) is 1. The van der Waals surface area contributed by atoms with Gasteiger partial charge < -0.3 is 10.0 Å². The average Bonchev–Trinajstić information content (AvgIpc) is 3.48. The highest BCUT2D eigenvalue weighted by Gasteiger charge is 2.41. The first kappa shape index (κ1) is 20.8. The van der Waals surface area contributed by atoms with Crippen LogP contribution in [-0.2, 0) is 21.4 Å². The number of fused-ring (bicyclic) bond motifs is 1. The number of carboxylic acids is 1. The van der Waals surface area contributed by atoms with Crippen molar-refractivity contribution in [1.29, 1.82) is 0 Å². The van der Waals surface area contributed by atoms with E-state index in [2.05, 4.69) is 9.88 Å². The highest BCUT2D eigenvalue weighted by molar-refractivity contribution is 7.90. The molecular weight excluding hydrogens is 399 g/mol. The molecule has 0 aromatic carbocycles. The molecule has 4 rings (SSSR count). The van der Waals surface area contributed by atoms with Crippen LogP contribution in [0.15, 0.2) is 18.3 Å². The molecule has 1 N–H and O–H groups in total. The molecule has 11 heteroatoms. The summed E-state index contributed by atoms with van der Waals surface area (Å²) in [5, 5.41) is 6.99. The molecule has 0 atom stereocenters. The van der Waals surface area contributed by atoms with Crippen molar-refractivity contribution in [3.05, 3.63) is 23.9 Å². The van der Waals surface area contributed by atoms with E-state index in [0.717, 1.165) is 43.2 Å². The summed E-state index contributed by atoms with van der Waals surface area (Å²) in [4.78, 5) is 15.7. The third kappa shape index (κ3) is 5.13. The second-order valence-corrected chi connectivity index (χ2v) is 9.47. The van der Waals surface area contributed by atoms with Gasteiger partial charge in [0.05, 0.1) is 5.25 Å². The van der Waals surface area contributed by atoms with E-state index in [1.807, 2.05) is 18.3 Å². The van der Waals surface area contributed by atoms with Crippen LogP contribution in [-0.4, -0.2) is 59.8 Å². The van der Waals surface area contributed by atoms with Crippen LogP contribution in [0.3, 0.4) is 0 Å². The number of aliphatic carboxylic acids is 1. The Kier molecular flexibility index (Phi) is 5.85. The SMILES string of the molecule is O=C(O)C(F)(F)F.O=S(=O)(C1CC1)N1CCN(CC2CC2)c2ncccc2C1. The molecule has 3 aliphatic rings. The molecule has 2 aliphatic carbocycles. The van der Waals surface area contributed by atoms with Gasteiger partial charge in [-0.2, -0.15) is 17.5 Å². The van der Waals surface area contributed by atoms with E-state index in [1.165, 1.54) is 12.8 Å². The minimum atomic E-state index is -5.08. The Labute approximate surface area is 161 Å². The third-order valence-electron chi connectivity index (χ3n) is 4.86. The number of halogens is 3. The molecule has 0 amide bonds. The van der Waals surface area contributed by atoms with Crippen molar-refractivity contribution in [3.8, 4) is 0 Å². The minimum Gasteiger partial charge on any atom is -0.475 e. The Bertz CT molecular complexity index is 823. The molecule has 0 unspecified atom stereocenters. The zero-order chi connectivity index (χ0) is 20.5. The number of pyridine rings is 1. The molecule has 2 fully saturated rings. The molecule has 0 spiro atoms. The van der Waals surface area contributed by atoms with Gasteiger partial charge in [-0.15, -0.1) is 0 Å². The number of anilines is 1. The maximum absolute atomic E-state index is 12.5. The van der Waals surface area contributed by atoms with E-state index in [-0.39, 0.29) is 5.25 Å². The zero-order valence-electron chi connectivity index (χ0n) is 15.1. The predicted molar refractivity (Wildman–Crippen MR) is 95.2 cm³/mol. The molecule has 28 heavy (non-hydrogen) atoms. The second-order valence-electron chi connectivity index (χ2n) is 7.26. The number of hydrogen-bond acceptors (Lipinski definition) is 5. The summed E-state index contributed by atoms with van der Waals surface area (Å²) in [6.07, 6.45) is 0.963. The van der Waals surface area contributed by atoms with Crippen molar-refractivity contribution in [3.63, 3.8) is 0 Å². The molecule has 2 heterocycles. The second kappa shape index (κ2) is 7.86. The fourth-order valence-electron chi connectivity index (χ4n) is 3.03. The lowest BCUT2D eigenvalue weighted by Crippen LogP contribution is -2.37. The van der Waals surface area contributed by atoms with E-state index in [9.17, 15) is 21.6 Å². The highest BCUT2D eigenvalue weighted by Crippen LogP contribution is 2.35. The van der Waals surface area contributed by atoms with Crippen molar-refractivity contribution in [2.45, 2.75) is 43.7 Å². The van der Waals surface area contributed by atoms with E-state index in [4.69, 9.17) is 9.90 Å². The molecule has 1 aromatic rings. The van der Waals surface area contributed by atoms with Gasteiger partial charge in [-0.3, -0.25) is 0 Å². The minimum absolute atomic E-state index is 0.132. The van der Waals surface area contributed by atoms with Gasteiger partial charge in [0, 0.05) is 37.9 Å². The van der Waals surface area contributed by atoms with Gasteiger partial charge in [-0.25, -0.2) is 18.2 Å². The van der Waals surface area contributed by atoms with Gasteiger partial charge >= 0.3 is 12.1 Å². The summed E-state index contributed by atoms with van der Waals surface area (Å²) >= 11 is 0. The van der Waals surface area contributed by atoms with Crippen LogP contribution in [0.1, 0.15) is 31.2 Å². The molecule has 0 bridgehead atoms. The first-order chi connectivity index (χ1) is 13.1. The Balaban J connectivity index is 0.000000279. The predicted octanol–water partition coefficient (Wildman–Crippen LogP) is 2.24. The number of carbonyl (C=O) groups is 1. The fraction of sp³-hybridized carbons (Fsp3) is 0.647. The number of aromatic nitrogens is 1. The maximum Gasteiger partial charge on any atom is 0.490 e. The molecule has 1 aliphatic heterocycles. The summed E-state index contributed by atoms with van der Waals surface area (Å²) in [7, 11) is -3.11. The molecular formula is C17H22F3N3O4S. The number of alkyl halides is 3. The topological polar surface area (TPSA) is 90.8 Å². The van der Waals surface area contributed by atoms with Crippen LogP contribution in [0, 0.1) is 5.92 Å². The Morgan fingerprint density at radius 3 is 2.39 bits per heavy atom. The van der Waals surface area contributed by atoms with Gasteiger partial charge in [0.25, 0.3) is 0 Å². The first-order valence-corrected chi connectivity index (χ1v) is 10.6. The van der Waals surface area contributed by atoms with Gasteiger partial charge in [-0.05, 0) is 37.7 Å². The van der Waals surface area contributed by atoms with Gasteiger partial charge in [0.2, 0.25) is 10.0 Å². The van der Waals surface area contributed by atoms with Crippen LogP contribution >= 0.6 is 0 Å². The quantitative estimate of drug-likeness (QED) is 0.802. The summed E-state index contributed by atoms with van der Waals surface area (Å²) in [5.41, 5.74) is 1.04. The molecule has 0 saturated heterocycles. The molecule has 1 aromatic heterocycles. The summed E-state index contributed by atoms with van der Waals surface area (Å²) in [5.74, 6) is -1.00. The standard InChI is InChI=1S/C15H21N3O2S.C2HF3O2/c19-21(20,14-5-6-14)18-9-8-17(10-12-3-4-12)15-13(11-18)2-1-7-16-15;3-2(4,5)1(6)7/h1-2,7,12,14H,3-6,8-11H2;(H,6,7). The van der Waals surface area contributed by atoms with Crippen molar-refractivity contribution in [2.24, 2.45) is 5.92 Å². The van der Waals surface area contributed by atoms with Gasteiger partial charge in [-0.1, -0.05) is 6.07 Å². The van der Waals surface area contributed by atoms with Crippen molar-refractivity contribution in [2.75, 3.05) is 24.5 Å². The molecule has 156 valence electrons. The lowest BCUT2D eigenvalue weighted by atomic mass is 10.2. The van der Waals surface area contributed by atoms with Crippen LogP contribution in [0.25, 0.3) is 0 Å². The fourth-order valence-corrected chi connectivity index (χ4v) is 4.84. The average molecular weight is 421 g/mol. The number of hydrogen-bond donors (Lipinski definition) is 1. The van der Waals surface area contributed by atoms with Crippen molar-refractivity contribution in [1.82, 2.24) is 9.29 Å². The van der Waals surface area contributed by atoms with Crippen LogP contribution in [0.5, 0.6) is 0 Å². The van der Waals surface area contributed by atoms with E-state index in [0.29, 0.717) is 13.1 Å². The van der Waals surface area contributed by atoms with Crippen LogP contribution < -0.4 is 4.90 Å². The number of rotatable bonds is 4. The lowest BCUT2D eigenvalue weighted by molar-refractivity contribution is -0.192. The van der Waals surface area contributed by atoms with E-state index in [1.54, 1.807) is 4.31 Å². The third-order valence-corrected chi connectivity index (χ3v) is 7.20.